The van der Waals surface area contributed by atoms with Crippen molar-refractivity contribution >= 4 is 32.5 Å². The molecular formula is C28H25ClFN3O2S. The van der Waals surface area contributed by atoms with E-state index in [1.54, 1.807) is 24.3 Å². The minimum Gasteiger partial charge on any atom is -0.340 e. The van der Waals surface area contributed by atoms with Crippen LogP contribution in [0.15, 0.2) is 71.6 Å². The molecule has 3 aromatic carbocycles. The minimum absolute atomic E-state index is 0.148. The van der Waals surface area contributed by atoms with Crippen molar-refractivity contribution in [3.8, 4) is 6.07 Å². The van der Waals surface area contributed by atoms with Gasteiger partial charge in [-0.1, -0.05) is 41.9 Å². The summed E-state index contributed by atoms with van der Waals surface area (Å²) < 4.78 is 44.6. The van der Waals surface area contributed by atoms with Gasteiger partial charge in [-0.25, -0.2) is 12.8 Å². The van der Waals surface area contributed by atoms with E-state index in [1.807, 2.05) is 31.2 Å². The zero-order chi connectivity index (χ0) is 25.4. The largest absolute Gasteiger partial charge is 0.340 e. The number of benzene rings is 3. The first-order valence-corrected chi connectivity index (χ1v) is 13.6. The highest BCUT2D eigenvalue weighted by molar-refractivity contribution is 7.89. The first-order valence-electron chi connectivity index (χ1n) is 11.8. The van der Waals surface area contributed by atoms with Crippen LogP contribution in [0.5, 0.6) is 0 Å². The standard InChI is InChI=1S/C28H25ClFN3O2S/c1-19-28(21-12-14-32(15-13-21)36(34,35)22-7-4-6-20(16-22)17-31)23-8-2-3-11-27(23)33(19)18-24-25(29)9-5-10-26(24)30/h2-11,16,21H,12-15,18H2,1H3. The van der Waals surface area contributed by atoms with Gasteiger partial charge < -0.3 is 4.57 Å². The molecule has 0 bridgehead atoms. The monoisotopic (exact) mass is 521 g/mol. The molecular weight excluding hydrogens is 497 g/mol. The summed E-state index contributed by atoms with van der Waals surface area (Å²) in [5, 5.41) is 10.6. The van der Waals surface area contributed by atoms with Gasteiger partial charge in [0, 0.05) is 40.3 Å². The van der Waals surface area contributed by atoms with E-state index in [0.717, 1.165) is 16.6 Å². The van der Waals surface area contributed by atoms with Gasteiger partial charge in [-0.15, -0.1) is 0 Å². The van der Waals surface area contributed by atoms with Crippen molar-refractivity contribution in [2.24, 2.45) is 0 Å². The van der Waals surface area contributed by atoms with Crippen LogP contribution in [0.4, 0.5) is 4.39 Å². The van der Waals surface area contributed by atoms with E-state index >= 15 is 0 Å². The summed E-state index contributed by atoms with van der Waals surface area (Å²) in [4.78, 5) is 0.148. The van der Waals surface area contributed by atoms with Gasteiger partial charge in [0.05, 0.1) is 23.1 Å². The van der Waals surface area contributed by atoms with Crippen LogP contribution in [0.25, 0.3) is 10.9 Å². The lowest BCUT2D eigenvalue weighted by atomic mass is 9.88. The molecule has 1 fully saturated rings. The number of aromatic nitrogens is 1. The molecule has 36 heavy (non-hydrogen) atoms. The molecule has 4 aromatic rings. The Balaban J connectivity index is 1.44. The van der Waals surface area contributed by atoms with Crippen molar-refractivity contribution in [3.63, 3.8) is 0 Å². The van der Waals surface area contributed by atoms with E-state index in [9.17, 15) is 12.8 Å². The molecule has 0 amide bonds. The second-order valence-corrected chi connectivity index (χ2v) is 11.5. The predicted octanol–water partition coefficient (Wildman–Crippen LogP) is 6.23. The highest BCUT2D eigenvalue weighted by atomic mass is 35.5. The number of piperidine rings is 1. The molecule has 0 unspecified atom stereocenters. The van der Waals surface area contributed by atoms with Crippen LogP contribution in [-0.2, 0) is 16.6 Å². The van der Waals surface area contributed by atoms with Gasteiger partial charge in [0.1, 0.15) is 5.82 Å². The predicted molar refractivity (Wildman–Crippen MR) is 139 cm³/mol. The summed E-state index contributed by atoms with van der Waals surface area (Å²) in [6.07, 6.45) is 1.35. The maximum Gasteiger partial charge on any atom is 0.243 e. The number of halogens is 2. The molecule has 184 valence electrons. The Morgan fingerprint density at radius 2 is 1.78 bits per heavy atom. The highest BCUT2D eigenvalue weighted by Crippen LogP contribution is 2.39. The van der Waals surface area contributed by atoms with Crippen molar-refractivity contribution in [2.45, 2.75) is 37.1 Å². The van der Waals surface area contributed by atoms with E-state index in [-0.39, 0.29) is 16.6 Å². The zero-order valence-corrected chi connectivity index (χ0v) is 21.4. The Morgan fingerprint density at radius 3 is 2.50 bits per heavy atom. The molecule has 1 aliphatic rings. The lowest BCUT2D eigenvalue weighted by molar-refractivity contribution is 0.319. The van der Waals surface area contributed by atoms with Crippen molar-refractivity contribution in [1.29, 1.82) is 5.26 Å². The number of sulfonamides is 1. The van der Waals surface area contributed by atoms with Crippen molar-refractivity contribution in [3.05, 3.63) is 100.0 Å². The van der Waals surface area contributed by atoms with E-state index in [4.69, 9.17) is 16.9 Å². The Bertz CT molecular complexity index is 1580. The number of nitriles is 1. The molecule has 0 atom stereocenters. The molecule has 1 saturated heterocycles. The topological polar surface area (TPSA) is 66.1 Å². The fraction of sp³-hybridized carbons (Fsp3) is 0.250. The van der Waals surface area contributed by atoms with Gasteiger partial charge in [0.2, 0.25) is 10.0 Å². The third-order valence-electron chi connectivity index (χ3n) is 7.12. The second kappa shape index (κ2) is 9.70. The molecule has 1 aromatic heterocycles. The first kappa shape index (κ1) is 24.5. The van der Waals surface area contributed by atoms with E-state index in [0.29, 0.717) is 48.6 Å². The Hall–Kier alpha value is -3.18. The smallest absolute Gasteiger partial charge is 0.243 e. The lowest BCUT2D eigenvalue weighted by Gasteiger charge is -2.31. The average molecular weight is 522 g/mol. The van der Waals surface area contributed by atoms with Crippen molar-refractivity contribution in [1.82, 2.24) is 8.87 Å². The third-order valence-corrected chi connectivity index (χ3v) is 9.37. The SMILES string of the molecule is Cc1c(C2CCN(S(=O)(=O)c3cccc(C#N)c3)CC2)c2ccccc2n1Cc1c(F)cccc1Cl. The lowest BCUT2D eigenvalue weighted by Crippen LogP contribution is -2.38. The Morgan fingerprint density at radius 1 is 1.06 bits per heavy atom. The molecule has 5 rings (SSSR count). The summed E-state index contributed by atoms with van der Waals surface area (Å²) in [6, 6.07) is 20.9. The van der Waals surface area contributed by atoms with Crippen LogP contribution < -0.4 is 0 Å². The number of fused-ring (bicyclic) bond motifs is 1. The Labute approximate surface area is 215 Å². The quantitative estimate of drug-likeness (QED) is 0.312. The van der Waals surface area contributed by atoms with Crippen LogP contribution in [0, 0.1) is 24.1 Å². The maximum absolute atomic E-state index is 14.6. The van der Waals surface area contributed by atoms with Crippen LogP contribution in [-0.4, -0.2) is 30.4 Å². The number of para-hydroxylation sites is 1. The van der Waals surface area contributed by atoms with Crippen molar-refractivity contribution < 1.29 is 12.8 Å². The summed E-state index contributed by atoms with van der Waals surface area (Å²) in [6.45, 7) is 3.14. The molecule has 0 saturated carbocycles. The summed E-state index contributed by atoms with van der Waals surface area (Å²) in [5.74, 6) is -0.163. The molecule has 0 aliphatic carbocycles. The van der Waals surface area contributed by atoms with Gasteiger partial charge in [0.15, 0.2) is 0 Å². The van der Waals surface area contributed by atoms with Crippen LogP contribution >= 0.6 is 11.6 Å². The first-order chi connectivity index (χ1) is 17.3. The molecule has 0 spiro atoms. The molecule has 5 nitrogen and oxygen atoms in total. The van der Waals surface area contributed by atoms with Gasteiger partial charge in [-0.3, -0.25) is 0 Å². The summed E-state index contributed by atoms with van der Waals surface area (Å²) in [7, 11) is -3.68. The van der Waals surface area contributed by atoms with Gasteiger partial charge >= 0.3 is 0 Å². The number of rotatable bonds is 5. The van der Waals surface area contributed by atoms with Gasteiger partial charge in [-0.2, -0.15) is 9.57 Å². The summed E-state index contributed by atoms with van der Waals surface area (Å²) >= 11 is 6.33. The second-order valence-electron chi connectivity index (χ2n) is 9.12. The van der Waals surface area contributed by atoms with Crippen LogP contribution in [0.1, 0.15) is 41.1 Å². The molecule has 0 N–H and O–H groups in total. The van der Waals surface area contributed by atoms with Crippen molar-refractivity contribution in [2.75, 3.05) is 13.1 Å². The molecule has 0 radical (unpaired) electrons. The van der Waals surface area contributed by atoms with Gasteiger partial charge in [-0.05, 0) is 67.6 Å². The molecule has 1 aliphatic heterocycles. The fourth-order valence-corrected chi connectivity index (χ4v) is 7.02. The zero-order valence-electron chi connectivity index (χ0n) is 19.8. The number of hydrogen-bond acceptors (Lipinski definition) is 3. The Kier molecular flexibility index (Phi) is 6.60. The van der Waals surface area contributed by atoms with Crippen LogP contribution in [0.3, 0.4) is 0 Å². The third kappa shape index (κ3) is 4.30. The average Bonchev–Trinajstić information content (AvgIpc) is 3.17. The number of nitrogens with zero attached hydrogens (tertiary/aromatic N) is 3. The molecule has 2 heterocycles. The van der Waals surface area contributed by atoms with E-state index < -0.39 is 10.0 Å². The highest BCUT2D eigenvalue weighted by Gasteiger charge is 2.32. The molecule has 8 heteroatoms. The maximum atomic E-state index is 14.6. The minimum atomic E-state index is -3.68. The van der Waals surface area contributed by atoms with Gasteiger partial charge in [0.25, 0.3) is 0 Å². The van der Waals surface area contributed by atoms with Crippen LogP contribution in [0.2, 0.25) is 5.02 Å². The summed E-state index contributed by atoms with van der Waals surface area (Å²) in [5.41, 5.74) is 4.01. The normalized spacial score (nSPS) is 15.3. The van der Waals surface area contributed by atoms with E-state index in [2.05, 4.69) is 10.6 Å². The van der Waals surface area contributed by atoms with E-state index in [1.165, 1.54) is 28.1 Å². The number of hydrogen-bond donors (Lipinski definition) is 0. The fourth-order valence-electron chi connectivity index (χ4n) is 5.28.